The topological polar surface area (TPSA) is 130 Å². The molecule has 0 saturated carbocycles. The average molecular weight is 424 g/mol. The Bertz CT molecular complexity index is 1070. The van der Waals surface area contributed by atoms with E-state index in [1.807, 2.05) is 0 Å². The third kappa shape index (κ3) is 4.34. The lowest BCUT2D eigenvalue weighted by Crippen LogP contribution is -2.31. The molecule has 1 aliphatic heterocycles. The maximum absolute atomic E-state index is 13.3. The molecule has 1 atom stereocenters. The van der Waals surface area contributed by atoms with Crippen molar-refractivity contribution in [2.24, 2.45) is 5.73 Å². The number of rotatable bonds is 7. The summed E-state index contributed by atoms with van der Waals surface area (Å²) in [6.07, 6.45) is 2.97. The molecule has 154 valence electrons. The van der Waals surface area contributed by atoms with E-state index in [2.05, 4.69) is 16.7 Å². The smallest absolute Gasteiger partial charge is 0.254 e. The van der Waals surface area contributed by atoms with Gasteiger partial charge in [0.1, 0.15) is 5.75 Å². The second-order valence-electron chi connectivity index (χ2n) is 6.42. The lowest BCUT2D eigenvalue weighted by molar-refractivity contribution is -0.115. The van der Waals surface area contributed by atoms with Crippen molar-refractivity contribution in [1.29, 1.82) is 5.26 Å². The number of nitrogens with one attached hydrogen (secondary N) is 2. The molecule has 9 heteroatoms. The molecule has 0 unspecified atom stereocenters. The second-order valence-corrected chi connectivity index (χ2v) is 7.40. The quantitative estimate of drug-likeness (QED) is 0.623. The van der Waals surface area contributed by atoms with Crippen LogP contribution in [-0.4, -0.2) is 24.7 Å². The number of hydrogen-bond donors (Lipinski definition) is 3. The molecule has 0 bridgehead atoms. The van der Waals surface area contributed by atoms with Crippen molar-refractivity contribution in [3.63, 3.8) is 0 Å². The third-order valence-electron chi connectivity index (χ3n) is 4.48. The van der Waals surface area contributed by atoms with E-state index < -0.39 is 11.8 Å². The molecule has 30 heavy (non-hydrogen) atoms. The van der Waals surface area contributed by atoms with Gasteiger partial charge in [-0.05, 0) is 25.1 Å². The number of anilines is 1. The number of nitrogens with zero attached hydrogens (tertiary/aromatic N) is 1. The fraction of sp³-hybridized carbons (Fsp3) is 0.190. The highest BCUT2D eigenvalue weighted by molar-refractivity contribution is 8.03. The van der Waals surface area contributed by atoms with Crippen LogP contribution in [0.2, 0.25) is 0 Å². The number of para-hydroxylation sites is 2. The number of benzene rings is 1. The van der Waals surface area contributed by atoms with Crippen molar-refractivity contribution in [1.82, 2.24) is 5.32 Å². The van der Waals surface area contributed by atoms with E-state index in [0.29, 0.717) is 38.9 Å². The Kier molecular flexibility index (Phi) is 6.49. The molecule has 0 fully saturated rings. The summed E-state index contributed by atoms with van der Waals surface area (Å²) in [6.45, 7) is 1.74. The SMILES string of the molecule is COc1ccccc1NC(=O)C1=C(C)NC(SCC(N)=O)=C(C#N)[C@@H]1c1ccoc1. The van der Waals surface area contributed by atoms with Crippen LogP contribution < -0.4 is 21.1 Å². The molecule has 3 rings (SSSR count). The van der Waals surface area contributed by atoms with Gasteiger partial charge in [-0.2, -0.15) is 5.26 Å². The van der Waals surface area contributed by atoms with Gasteiger partial charge < -0.3 is 25.5 Å². The van der Waals surface area contributed by atoms with Crippen molar-refractivity contribution >= 4 is 29.3 Å². The van der Waals surface area contributed by atoms with Crippen LogP contribution in [0.3, 0.4) is 0 Å². The molecule has 8 nitrogen and oxygen atoms in total. The number of nitriles is 1. The van der Waals surface area contributed by atoms with Crippen LogP contribution in [0, 0.1) is 11.3 Å². The Labute approximate surface area is 177 Å². The maximum atomic E-state index is 13.3. The van der Waals surface area contributed by atoms with Crippen LogP contribution in [-0.2, 0) is 9.59 Å². The van der Waals surface area contributed by atoms with E-state index in [1.54, 1.807) is 37.3 Å². The van der Waals surface area contributed by atoms with Crippen molar-refractivity contribution in [3.05, 3.63) is 70.3 Å². The van der Waals surface area contributed by atoms with Gasteiger partial charge in [-0.3, -0.25) is 9.59 Å². The number of furan rings is 1. The highest BCUT2D eigenvalue weighted by Gasteiger charge is 2.35. The summed E-state index contributed by atoms with van der Waals surface area (Å²) >= 11 is 1.12. The summed E-state index contributed by atoms with van der Waals surface area (Å²) in [5.41, 5.74) is 7.63. The molecule has 0 spiro atoms. The number of dihydropyridines is 1. The molecule has 2 heterocycles. The lowest BCUT2D eigenvalue weighted by atomic mass is 9.83. The van der Waals surface area contributed by atoms with Gasteiger partial charge in [0.2, 0.25) is 5.91 Å². The molecule has 0 radical (unpaired) electrons. The number of allylic oxidation sites excluding steroid dienone is 2. The molecule has 0 aliphatic carbocycles. The first-order valence-electron chi connectivity index (χ1n) is 8.95. The van der Waals surface area contributed by atoms with E-state index in [0.717, 1.165) is 11.8 Å². The van der Waals surface area contributed by atoms with Gasteiger partial charge in [-0.25, -0.2) is 0 Å². The highest BCUT2D eigenvalue weighted by Crippen LogP contribution is 2.41. The zero-order chi connectivity index (χ0) is 21.7. The molecule has 4 N–H and O–H groups in total. The standard InChI is InChI=1S/C21H20N4O4S/c1-12-18(20(27)25-15-5-3-4-6-16(15)28-2)19(13-7-8-29-10-13)14(9-22)21(24-12)30-11-17(23)26/h3-8,10,19,24H,11H2,1-2H3,(H2,23,26)(H,25,27)/t19-/m0/s1. The molecule has 1 aromatic carbocycles. The van der Waals surface area contributed by atoms with E-state index >= 15 is 0 Å². The Morgan fingerprint density at radius 1 is 1.37 bits per heavy atom. The minimum absolute atomic E-state index is 0.00163. The van der Waals surface area contributed by atoms with Crippen molar-refractivity contribution in [3.8, 4) is 11.8 Å². The summed E-state index contributed by atoms with van der Waals surface area (Å²) in [6, 6.07) is 10.9. The summed E-state index contributed by atoms with van der Waals surface area (Å²) < 4.78 is 10.5. The number of thioether (sulfide) groups is 1. The molecule has 2 aromatic rings. The zero-order valence-corrected chi connectivity index (χ0v) is 17.2. The molecular weight excluding hydrogens is 404 g/mol. The molecule has 1 aromatic heterocycles. The van der Waals surface area contributed by atoms with Gasteiger partial charge in [-0.15, -0.1) is 0 Å². The fourth-order valence-corrected chi connectivity index (χ4v) is 4.01. The molecule has 1 aliphatic rings. The maximum Gasteiger partial charge on any atom is 0.254 e. The Morgan fingerprint density at radius 2 is 2.13 bits per heavy atom. The average Bonchev–Trinajstić information content (AvgIpc) is 3.26. The van der Waals surface area contributed by atoms with Crippen LogP contribution in [0.5, 0.6) is 5.75 Å². The Balaban J connectivity index is 2.02. The Morgan fingerprint density at radius 3 is 2.77 bits per heavy atom. The minimum Gasteiger partial charge on any atom is -0.495 e. The van der Waals surface area contributed by atoms with Crippen molar-refractivity contribution in [2.45, 2.75) is 12.8 Å². The number of ether oxygens (including phenoxy) is 1. The summed E-state index contributed by atoms with van der Waals surface area (Å²) in [7, 11) is 1.52. The third-order valence-corrected chi connectivity index (χ3v) is 5.52. The van der Waals surface area contributed by atoms with Crippen LogP contribution >= 0.6 is 11.8 Å². The first kappa shape index (κ1) is 21.1. The van der Waals surface area contributed by atoms with Gasteiger partial charge in [0.05, 0.1) is 53.7 Å². The van der Waals surface area contributed by atoms with Crippen LogP contribution in [0.4, 0.5) is 5.69 Å². The fourth-order valence-electron chi connectivity index (χ4n) is 3.18. The van der Waals surface area contributed by atoms with Gasteiger partial charge in [-0.1, -0.05) is 23.9 Å². The Hall–Kier alpha value is -3.64. The van der Waals surface area contributed by atoms with Crippen LogP contribution in [0.1, 0.15) is 18.4 Å². The van der Waals surface area contributed by atoms with Gasteiger partial charge in [0.25, 0.3) is 5.91 Å². The molecule has 2 amide bonds. The van der Waals surface area contributed by atoms with E-state index in [9.17, 15) is 14.9 Å². The van der Waals surface area contributed by atoms with Gasteiger partial charge >= 0.3 is 0 Å². The van der Waals surface area contributed by atoms with Crippen LogP contribution in [0.25, 0.3) is 0 Å². The monoisotopic (exact) mass is 424 g/mol. The first-order chi connectivity index (χ1) is 14.5. The van der Waals surface area contributed by atoms with Crippen molar-refractivity contribution < 1.29 is 18.7 Å². The van der Waals surface area contributed by atoms with Crippen LogP contribution in [0.15, 0.2) is 69.1 Å². The normalized spacial score (nSPS) is 16.0. The first-order valence-corrected chi connectivity index (χ1v) is 9.94. The lowest BCUT2D eigenvalue weighted by Gasteiger charge is -2.29. The summed E-state index contributed by atoms with van der Waals surface area (Å²) in [5.74, 6) is -1.04. The van der Waals surface area contributed by atoms with Crippen molar-refractivity contribution in [2.75, 3.05) is 18.2 Å². The number of primary amides is 1. The summed E-state index contributed by atoms with van der Waals surface area (Å²) in [5, 5.41) is 16.3. The number of nitrogens with two attached hydrogens (primary N) is 1. The predicted octanol–water partition coefficient (Wildman–Crippen LogP) is 2.84. The summed E-state index contributed by atoms with van der Waals surface area (Å²) in [4.78, 5) is 24.5. The largest absolute Gasteiger partial charge is 0.495 e. The van der Waals surface area contributed by atoms with Gasteiger partial charge in [0.15, 0.2) is 0 Å². The minimum atomic E-state index is -0.667. The number of amides is 2. The number of hydrogen-bond acceptors (Lipinski definition) is 7. The number of methoxy groups -OCH3 is 1. The predicted molar refractivity (Wildman–Crippen MR) is 113 cm³/mol. The molecule has 0 saturated heterocycles. The van der Waals surface area contributed by atoms with E-state index in [4.69, 9.17) is 14.9 Å². The highest BCUT2D eigenvalue weighted by atomic mass is 32.2. The number of carbonyl (C=O) groups excluding carboxylic acids is 2. The molecular formula is C21H20N4O4S. The second kappa shape index (κ2) is 9.24. The van der Waals surface area contributed by atoms with E-state index in [1.165, 1.54) is 19.6 Å². The number of carbonyl (C=O) groups is 2. The zero-order valence-electron chi connectivity index (χ0n) is 16.4. The van der Waals surface area contributed by atoms with Gasteiger partial charge in [0, 0.05) is 16.8 Å². The van der Waals surface area contributed by atoms with E-state index in [-0.39, 0.29) is 11.7 Å².